The Labute approximate surface area is 146 Å². The quantitative estimate of drug-likeness (QED) is 0.635. The molecular formula is C17H24BrN5. The fraction of sp³-hybridized carbons (Fsp3) is 0.412. The van der Waals surface area contributed by atoms with Gasteiger partial charge in [0.1, 0.15) is 0 Å². The molecule has 0 spiro atoms. The molecule has 1 aromatic heterocycles. The standard InChI is InChI=1S/C17H24BrN5/c1-11(14-8-6-7-9-16(14)18)21-17(19-4)20-10-15-12(2)22-23(5)13(15)3/h6-9,11H,10H2,1-5H3,(H2,19,20,21). The molecule has 124 valence electrons. The van der Waals surface area contributed by atoms with Crippen LogP contribution in [0, 0.1) is 13.8 Å². The summed E-state index contributed by atoms with van der Waals surface area (Å²) in [6, 6.07) is 8.35. The Morgan fingerprint density at radius 2 is 2.04 bits per heavy atom. The summed E-state index contributed by atoms with van der Waals surface area (Å²) >= 11 is 3.59. The molecule has 1 aromatic carbocycles. The van der Waals surface area contributed by atoms with Crippen LogP contribution in [0.1, 0.15) is 35.5 Å². The first-order valence-corrected chi connectivity index (χ1v) is 8.44. The number of aryl methyl sites for hydroxylation is 2. The number of hydrogen-bond donors (Lipinski definition) is 2. The Kier molecular flexibility index (Phi) is 5.82. The Hall–Kier alpha value is -1.82. The van der Waals surface area contributed by atoms with E-state index in [4.69, 9.17) is 0 Å². The van der Waals surface area contributed by atoms with Gasteiger partial charge < -0.3 is 10.6 Å². The Morgan fingerprint density at radius 3 is 2.61 bits per heavy atom. The highest BCUT2D eigenvalue weighted by molar-refractivity contribution is 9.10. The lowest BCUT2D eigenvalue weighted by Crippen LogP contribution is -2.38. The molecule has 2 rings (SSSR count). The third kappa shape index (κ3) is 4.13. The summed E-state index contributed by atoms with van der Waals surface area (Å²) in [5, 5.41) is 11.2. The van der Waals surface area contributed by atoms with Crippen LogP contribution in [-0.2, 0) is 13.6 Å². The summed E-state index contributed by atoms with van der Waals surface area (Å²) in [4.78, 5) is 4.32. The Morgan fingerprint density at radius 1 is 1.35 bits per heavy atom. The highest BCUT2D eigenvalue weighted by Crippen LogP contribution is 2.22. The van der Waals surface area contributed by atoms with Crippen LogP contribution in [0.4, 0.5) is 0 Å². The van der Waals surface area contributed by atoms with Crippen molar-refractivity contribution >= 4 is 21.9 Å². The fourth-order valence-corrected chi connectivity index (χ4v) is 3.18. The minimum absolute atomic E-state index is 0.146. The van der Waals surface area contributed by atoms with E-state index >= 15 is 0 Å². The van der Waals surface area contributed by atoms with E-state index in [1.54, 1.807) is 7.05 Å². The van der Waals surface area contributed by atoms with Crippen molar-refractivity contribution in [2.75, 3.05) is 7.05 Å². The number of aliphatic imine (C=N–C) groups is 1. The van der Waals surface area contributed by atoms with Gasteiger partial charge in [0.2, 0.25) is 0 Å². The Bertz CT molecular complexity index is 705. The molecule has 23 heavy (non-hydrogen) atoms. The minimum atomic E-state index is 0.146. The molecule has 0 saturated heterocycles. The molecule has 0 aliphatic carbocycles. The number of guanidine groups is 1. The van der Waals surface area contributed by atoms with Gasteiger partial charge in [-0.1, -0.05) is 34.1 Å². The molecule has 0 radical (unpaired) electrons. The van der Waals surface area contributed by atoms with E-state index in [9.17, 15) is 0 Å². The van der Waals surface area contributed by atoms with E-state index in [2.05, 4.69) is 56.6 Å². The molecule has 0 saturated carbocycles. The number of benzene rings is 1. The lowest BCUT2D eigenvalue weighted by molar-refractivity contribution is 0.681. The average Bonchev–Trinajstić information content (AvgIpc) is 2.77. The van der Waals surface area contributed by atoms with Gasteiger partial charge in [-0.15, -0.1) is 0 Å². The maximum atomic E-state index is 4.44. The number of aromatic nitrogens is 2. The van der Waals surface area contributed by atoms with Crippen LogP contribution in [0.25, 0.3) is 0 Å². The molecule has 1 heterocycles. The minimum Gasteiger partial charge on any atom is -0.352 e. The van der Waals surface area contributed by atoms with Gasteiger partial charge in [0, 0.05) is 36.4 Å². The summed E-state index contributed by atoms with van der Waals surface area (Å²) < 4.78 is 3.00. The Balaban J connectivity index is 2.03. The average molecular weight is 378 g/mol. The molecule has 0 aliphatic rings. The van der Waals surface area contributed by atoms with E-state index in [-0.39, 0.29) is 6.04 Å². The van der Waals surface area contributed by atoms with Crippen LogP contribution >= 0.6 is 15.9 Å². The molecule has 1 unspecified atom stereocenters. The van der Waals surface area contributed by atoms with E-state index < -0.39 is 0 Å². The topological polar surface area (TPSA) is 54.2 Å². The third-order valence-corrected chi connectivity index (χ3v) is 4.76. The first-order valence-electron chi connectivity index (χ1n) is 7.64. The predicted molar refractivity (Wildman–Crippen MR) is 98.6 cm³/mol. The van der Waals surface area contributed by atoms with Crippen molar-refractivity contribution in [3.05, 3.63) is 51.3 Å². The normalized spacial score (nSPS) is 13.0. The fourth-order valence-electron chi connectivity index (χ4n) is 2.55. The van der Waals surface area contributed by atoms with Gasteiger partial charge >= 0.3 is 0 Å². The summed E-state index contributed by atoms with van der Waals surface area (Å²) in [7, 11) is 3.75. The van der Waals surface area contributed by atoms with Crippen LogP contribution in [-0.4, -0.2) is 22.8 Å². The van der Waals surface area contributed by atoms with Crippen LogP contribution in [0.15, 0.2) is 33.7 Å². The molecular weight excluding hydrogens is 354 g/mol. The zero-order chi connectivity index (χ0) is 17.0. The molecule has 2 aromatic rings. The molecule has 0 amide bonds. The largest absolute Gasteiger partial charge is 0.352 e. The van der Waals surface area contributed by atoms with Gasteiger partial charge in [0.15, 0.2) is 5.96 Å². The zero-order valence-corrected chi connectivity index (χ0v) is 15.9. The van der Waals surface area contributed by atoms with E-state index in [1.807, 2.05) is 36.9 Å². The van der Waals surface area contributed by atoms with Crippen LogP contribution in [0.5, 0.6) is 0 Å². The maximum Gasteiger partial charge on any atom is 0.191 e. The number of nitrogens with zero attached hydrogens (tertiary/aromatic N) is 3. The second-order valence-electron chi connectivity index (χ2n) is 5.59. The van der Waals surface area contributed by atoms with E-state index in [0.717, 1.165) is 16.1 Å². The highest BCUT2D eigenvalue weighted by atomic mass is 79.9. The molecule has 5 nitrogen and oxygen atoms in total. The molecule has 0 aliphatic heterocycles. The van der Waals surface area contributed by atoms with Gasteiger partial charge in [0.25, 0.3) is 0 Å². The van der Waals surface area contributed by atoms with E-state index in [0.29, 0.717) is 6.54 Å². The summed E-state index contributed by atoms with van der Waals surface area (Å²) in [5.41, 5.74) is 4.63. The summed E-state index contributed by atoms with van der Waals surface area (Å²) in [5.74, 6) is 0.774. The second kappa shape index (κ2) is 7.64. The van der Waals surface area contributed by atoms with Crippen molar-refractivity contribution in [3.8, 4) is 0 Å². The van der Waals surface area contributed by atoms with Crippen LogP contribution < -0.4 is 10.6 Å². The van der Waals surface area contributed by atoms with Crippen LogP contribution in [0.2, 0.25) is 0 Å². The lowest BCUT2D eigenvalue weighted by atomic mass is 10.1. The SMILES string of the molecule is CN=C(NCc1c(C)nn(C)c1C)NC(C)c1ccccc1Br. The monoisotopic (exact) mass is 377 g/mol. The molecule has 2 N–H and O–H groups in total. The van der Waals surface area contributed by atoms with Gasteiger partial charge in [-0.25, -0.2) is 0 Å². The van der Waals surface area contributed by atoms with E-state index in [1.165, 1.54) is 16.8 Å². The van der Waals surface area contributed by atoms with Gasteiger partial charge in [-0.3, -0.25) is 9.67 Å². The number of halogens is 1. The first-order chi connectivity index (χ1) is 10.9. The van der Waals surface area contributed by atoms with Gasteiger partial charge in [0.05, 0.1) is 11.7 Å². The van der Waals surface area contributed by atoms with Crippen LogP contribution in [0.3, 0.4) is 0 Å². The van der Waals surface area contributed by atoms with Crippen molar-refractivity contribution < 1.29 is 0 Å². The molecule has 6 heteroatoms. The predicted octanol–water partition coefficient (Wildman–Crippen LogP) is 3.23. The van der Waals surface area contributed by atoms with Crippen molar-refractivity contribution in [1.82, 2.24) is 20.4 Å². The number of nitrogens with one attached hydrogen (secondary N) is 2. The summed E-state index contributed by atoms with van der Waals surface area (Å²) in [6.07, 6.45) is 0. The second-order valence-corrected chi connectivity index (χ2v) is 6.44. The first kappa shape index (κ1) is 17.5. The maximum absolute atomic E-state index is 4.44. The molecule has 0 bridgehead atoms. The van der Waals surface area contributed by atoms with Crippen molar-refractivity contribution in [2.24, 2.45) is 12.0 Å². The van der Waals surface area contributed by atoms with Gasteiger partial charge in [-0.05, 0) is 32.4 Å². The van der Waals surface area contributed by atoms with Crippen molar-refractivity contribution in [2.45, 2.75) is 33.4 Å². The van der Waals surface area contributed by atoms with Crippen molar-refractivity contribution in [1.29, 1.82) is 0 Å². The number of hydrogen-bond acceptors (Lipinski definition) is 2. The molecule has 0 fully saturated rings. The lowest BCUT2D eigenvalue weighted by Gasteiger charge is -2.19. The van der Waals surface area contributed by atoms with Gasteiger partial charge in [-0.2, -0.15) is 5.10 Å². The van der Waals surface area contributed by atoms with Crippen molar-refractivity contribution in [3.63, 3.8) is 0 Å². The third-order valence-electron chi connectivity index (χ3n) is 4.04. The summed E-state index contributed by atoms with van der Waals surface area (Å²) in [6.45, 7) is 6.93. The zero-order valence-electron chi connectivity index (χ0n) is 14.3. The number of rotatable bonds is 4. The highest BCUT2D eigenvalue weighted by Gasteiger charge is 2.13. The smallest absolute Gasteiger partial charge is 0.191 e. The molecule has 1 atom stereocenters.